The van der Waals surface area contributed by atoms with Gasteiger partial charge in [0.25, 0.3) is 0 Å². The summed E-state index contributed by atoms with van der Waals surface area (Å²) in [5.74, 6) is -3.57. The fourth-order valence-electron chi connectivity index (χ4n) is 2.86. The highest BCUT2D eigenvalue weighted by Gasteiger charge is 2.28. The molecule has 0 N–H and O–H groups in total. The second-order valence-corrected chi connectivity index (χ2v) is 7.58. The van der Waals surface area contributed by atoms with Crippen molar-refractivity contribution in [3.8, 4) is 28.4 Å². The van der Waals surface area contributed by atoms with Crippen LogP contribution in [0.15, 0.2) is 47.4 Å². The Hall–Kier alpha value is -3.14. The maximum Gasteiger partial charge on any atom is 0.372 e. The fourth-order valence-corrected chi connectivity index (χ4v) is 3.31. The molecule has 0 spiro atoms. The first-order valence-corrected chi connectivity index (χ1v) is 9.72. The third-order valence-corrected chi connectivity index (χ3v) is 5.14. The molecule has 0 unspecified atom stereocenters. The van der Waals surface area contributed by atoms with Crippen LogP contribution in [0.4, 0.5) is 8.78 Å². The van der Waals surface area contributed by atoms with Crippen LogP contribution in [0.25, 0.3) is 22.0 Å². The number of pyridine rings is 1. The standard InChI is InChI=1S/C19H17F2NO6S/c1-22-10-14(11-4-6-12(26-2)7-5-11)18(23)17-15(22)8-13(27-3)9-16(17)28-29(24,25)19(20)21/h4-10,19H,1-3H3. The van der Waals surface area contributed by atoms with Crippen molar-refractivity contribution >= 4 is 21.0 Å². The van der Waals surface area contributed by atoms with Gasteiger partial charge in [-0.05, 0) is 17.7 Å². The Labute approximate surface area is 165 Å². The van der Waals surface area contributed by atoms with E-state index in [1.54, 1.807) is 42.1 Å². The molecule has 29 heavy (non-hydrogen) atoms. The highest BCUT2D eigenvalue weighted by molar-refractivity contribution is 7.87. The van der Waals surface area contributed by atoms with E-state index in [0.717, 1.165) is 6.07 Å². The molecule has 3 aromatic rings. The van der Waals surface area contributed by atoms with Gasteiger partial charge in [-0.25, -0.2) is 0 Å². The lowest BCUT2D eigenvalue weighted by atomic mass is 10.0. The molecule has 0 aliphatic rings. The third-order valence-electron chi connectivity index (χ3n) is 4.29. The first-order chi connectivity index (χ1) is 13.7. The van der Waals surface area contributed by atoms with E-state index in [0.29, 0.717) is 11.3 Å². The first kappa shape index (κ1) is 20.6. The zero-order valence-electron chi connectivity index (χ0n) is 15.7. The number of aromatic nitrogens is 1. The van der Waals surface area contributed by atoms with Crippen molar-refractivity contribution < 1.29 is 30.9 Å². The van der Waals surface area contributed by atoms with E-state index in [2.05, 4.69) is 4.18 Å². The van der Waals surface area contributed by atoms with E-state index in [9.17, 15) is 22.0 Å². The minimum atomic E-state index is -5.24. The summed E-state index contributed by atoms with van der Waals surface area (Å²) in [4.78, 5) is 13.2. The Morgan fingerprint density at radius 3 is 2.17 bits per heavy atom. The van der Waals surface area contributed by atoms with Gasteiger partial charge in [0.15, 0.2) is 5.75 Å². The zero-order valence-corrected chi connectivity index (χ0v) is 16.5. The Morgan fingerprint density at radius 2 is 1.62 bits per heavy atom. The van der Waals surface area contributed by atoms with E-state index < -0.39 is 27.1 Å². The topological polar surface area (TPSA) is 83.8 Å². The molecule has 10 heteroatoms. The molecule has 1 aromatic heterocycles. The van der Waals surface area contributed by atoms with E-state index >= 15 is 0 Å². The first-order valence-electron chi connectivity index (χ1n) is 8.25. The number of benzene rings is 2. The maximum absolute atomic E-state index is 13.2. The summed E-state index contributed by atoms with van der Waals surface area (Å²) < 4.78 is 65.3. The number of ether oxygens (including phenoxy) is 2. The Bertz CT molecular complexity index is 1220. The summed E-state index contributed by atoms with van der Waals surface area (Å²) >= 11 is 0. The maximum atomic E-state index is 13.2. The Morgan fingerprint density at radius 1 is 1.00 bits per heavy atom. The lowest BCUT2D eigenvalue weighted by Gasteiger charge is -2.15. The van der Waals surface area contributed by atoms with Gasteiger partial charge in [0.2, 0.25) is 5.43 Å². The lowest BCUT2D eigenvalue weighted by Crippen LogP contribution is -2.20. The third kappa shape index (κ3) is 3.88. The number of rotatable bonds is 6. The van der Waals surface area contributed by atoms with E-state index in [1.165, 1.54) is 20.3 Å². The monoisotopic (exact) mass is 425 g/mol. The molecule has 0 atom stereocenters. The van der Waals surface area contributed by atoms with Crippen LogP contribution in [0, 0.1) is 0 Å². The average Bonchev–Trinajstić information content (AvgIpc) is 2.69. The molecular formula is C19H17F2NO6S. The van der Waals surface area contributed by atoms with Crippen molar-refractivity contribution in [3.05, 3.63) is 52.8 Å². The normalized spacial score (nSPS) is 11.7. The molecule has 0 saturated carbocycles. The number of alkyl halides is 2. The Kier molecular flexibility index (Phi) is 5.47. The molecule has 0 aliphatic heterocycles. The summed E-state index contributed by atoms with van der Waals surface area (Å²) in [7, 11) is -0.792. The van der Waals surface area contributed by atoms with Gasteiger partial charge in [0.05, 0.1) is 25.1 Å². The molecule has 0 amide bonds. The van der Waals surface area contributed by atoms with Crippen LogP contribution >= 0.6 is 0 Å². The minimum Gasteiger partial charge on any atom is -0.497 e. The molecule has 0 bridgehead atoms. The van der Waals surface area contributed by atoms with E-state index in [1.807, 2.05) is 0 Å². The van der Waals surface area contributed by atoms with Gasteiger partial charge in [0, 0.05) is 30.9 Å². The number of aryl methyl sites for hydroxylation is 1. The quantitative estimate of drug-likeness (QED) is 0.564. The van der Waals surface area contributed by atoms with Crippen LogP contribution in [0.1, 0.15) is 0 Å². The smallest absolute Gasteiger partial charge is 0.372 e. The van der Waals surface area contributed by atoms with Gasteiger partial charge in [-0.2, -0.15) is 17.2 Å². The second kappa shape index (κ2) is 7.70. The van der Waals surface area contributed by atoms with Crippen LogP contribution < -0.4 is 19.1 Å². The molecule has 3 rings (SSSR count). The van der Waals surface area contributed by atoms with Crippen molar-refractivity contribution in [1.82, 2.24) is 4.57 Å². The summed E-state index contributed by atoms with van der Waals surface area (Å²) in [6.45, 7) is 0. The largest absolute Gasteiger partial charge is 0.497 e. The summed E-state index contributed by atoms with van der Waals surface area (Å²) in [6.07, 6.45) is 1.55. The molecule has 7 nitrogen and oxygen atoms in total. The Balaban J connectivity index is 2.32. The number of hydrogen-bond donors (Lipinski definition) is 0. The van der Waals surface area contributed by atoms with E-state index in [4.69, 9.17) is 9.47 Å². The van der Waals surface area contributed by atoms with Crippen LogP contribution in [-0.2, 0) is 17.2 Å². The van der Waals surface area contributed by atoms with E-state index in [-0.39, 0.29) is 22.2 Å². The van der Waals surface area contributed by atoms with Crippen LogP contribution in [-0.4, -0.2) is 33.0 Å². The zero-order chi connectivity index (χ0) is 21.3. The van der Waals surface area contributed by atoms with Crippen molar-refractivity contribution in [1.29, 1.82) is 0 Å². The number of nitrogens with zero attached hydrogens (tertiary/aromatic N) is 1. The second-order valence-electron chi connectivity index (χ2n) is 6.07. The van der Waals surface area contributed by atoms with Crippen molar-refractivity contribution in [2.45, 2.75) is 5.76 Å². The number of halogens is 2. The molecule has 1 heterocycles. The van der Waals surface area contributed by atoms with Crippen LogP contribution in [0.2, 0.25) is 0 Å². The lowest BCUT2D eigenvalue weighted by molar-refractivity contribution is 0.220. The summed E-state index contributed by atoms with van der Waals surface area (Å²) in [5, 5.41) is -0.161. The van der Waals surface area contributed by atoms with Gasteiger partial charge in [-0.1, -0.05) is 12.1 Å². The van der Waals surface area contributed by atoms with Crippen molar-refractivity contribution in [2.75, 3.05) is 14.2 Å². The molecular weight excluding hydrogens is 408 g/mol. The van der Waals surface area contributed by atoms with Crippen LogP contribution in [0.5, 0.6) is 17.2 Å². The molecule has 0 radical (unpaired) electrons. The number of fused-ring (bicyclic) bond motifs is 1. The number of methoxy groups -OCH3 is 2. The molecule has 154 valence electrons. The predicted molar refractivity (Wildman–Crippen MR) is 103 cm³/mol. The number of hydrogen-bond acceptors (Lipinski definition) is 6. The molecule has 0 saturated heterocycles. The molecule has 0 aliphatic carbocycles. The average molecular weight is 425 g/mol. The predicted octanol–water partition coefficient (Wildman–Crippen LogP) is 3.15. The van der Waals surface area contributed by atoms with Gasteiger partial charge in [-0.15, -0.1) is 0 Å². The van der Waals surface area contributed by atoms with Gasteiger partial charge < -0.3 is 18.2 Å². The summed E-state index contributed by atoms with van der Waals surface area (Å²) in [5.41, 5.74) is 0.440. The molecule has 0 fully saturated rings. The van der Waals surface area contributed by atoms with Crippen LogP contribution in [0.3, 0.4) is 0 Å². The highest BCUT2D eigenvalue weighted by atomic mass is 32.2. The highest BCUT2D eigenvalue weighted by Crippen LogP contribution is 2.32. The van der Waals surface area contributed by atoms with Crippen molar-refractivity contribution in [3.63, 3.8) is 0 Å². The van der Waals surface area contributed by atoms with Gasteiger partial charge in [0.1, 0.15) is 11.5 Å². The SMILES string of the molecule is COc1ccc(-c2cn(C)c3cc(OC)cc(OS(=O)(=O)C(F)F)c3c2=O)cc1. The molecule has 2 aromatic carbocycles. The summed E-state index contributed by atoms with van der Waals surface area (Å²) in [6, 6.07) is 9.19. The van der Waals surface area contributed by atoms with Gasteiger partial charge >= 0.3 is 15.9 Å². The van der Waals surface area contributed by atoms with Crippen molar-refractivity contribution in [2.24, 2.45) is 7.05 Å². The van der Waals surface area contributed by atoms with Gasteiger partial charge in [-0.3, -0.25) is 4.79 Å². The fraction of sp³-hybridized carbons (Fsp3) is 0.211. The minimum absolute atomic E-state index is 0.143.